The third kappa shape index (κ3) is 6.84. The Morgan fingerprint density at radius 1 is 0.871 bits per heavy atom. The molecule has 2 N–H and O–H groups in total. The van der Waals surface area contributed by atoms with Gasteiger partial charge in [0.05, 0.1) is 6.21 Å². The molecule has 3 aromatic rings. The lowest BCUT2D eigenvalue weighted by atomic mass is 10.2. The first-order valence-corrected chi connectivity index (χ1v) is 10.1. The van der Waals surface area contributed by atoms with Crippen LogP contribution >= 0.6 is 23.2 Å². The second-order valence-electron chi connectivity index (χ2n) is 6.43. The summed E-state index contributed by atoms with van der Waals surface area (Å²) in [5.41, 5.74) is 4.52. The molecule has 3 rings (SSSR count). The van der Waals surface area contributed by atoms with Crippen LogP contribution in [0, 0.1) is 0 Å². The number of benzene rings is 3. The van der Waals surface area contributed by atoms with E-state index in [4.69, 9.17) is 27.9 Å². The molecule has 0 unspecified atom stereocenters. The van der Waals surface area contributed by atoms with E-state index in [1.165, 1.54) is 6.21 Å². The van der Waals surface area contributed by atoms with E-state index in [0.717, 1.165) is 5.56 Å². The maximum absolute atomic E-state index is 11.8. The van der Waals surface area contributed by atoms with Crippen molar-refractivity contribution in [2.75, 3.05) is 0 Å². The molecule has 6 nitrogen and oxygen atoms in total. The van der Waals surface area contributed by atoms with Crippen molar-refractivity contribution in [1.29, 1.82) is 0 Å². The number of halogens is 2. The normalized spacial score (nSPS) is 10.6. The van der Waals surface area contributed by atoms with E-state index < -0.39 is 11.8 Å². The smallest absolute Gasteiger partial charge is 0.329 e. The summed E-state index contributed by atoms with van der Waals surface area (Å²) in [6.07, 6.45) is 1.43. The van der Waals surface area contributed by atoms with Gasteiger partial charge in [-0.25, -0.2) is 5.43 Å². The van der Waals surface area contributed by atoms with Crippen LogP contribution in [0.15, 0.2) is 77.9 Å². The van der Waals surface area contributed by atoms with Crippen molar-refractivity contribution in [1.82, 2.24) is 10.7 Å². The summed E-state index contributed by atoms with van der Waals surface area (Å²) in [5.74, 6) is -0.982. The van der Waals surface area contributed by atoms with Gasteiger partial charge in [-0.05, 0) is 47.5 Å². The molecule has 0 saturated heterocycles. The van der Waals surface area contributed by atoms with E-state index in [1.54, 1.807) is 42.5 Å². The Labute approximate surface area is 189 Å². The van der Waals surface area contributed by atoms with Crippen LogP contribution in [0.4, 0.5) is 0 Å². The standard InChI is InChI=1S/C23H19Cl2N3O3/c24-20-7-4-8-21(25)19(20)15-31-18-11-9-17(10-12-18)14-27-28-23(30)22(29)26-13-16-5-2-1-3-6-16/h1-12,14H,13,15H2,(H,26,29)(H,28,30)/b27-14-. The van der Waals surface area contributed by atoms with Crippen LogP contribution in [-0.4, -0.2) is 18.0 Å². The number of hydrazone groups is 1. The zero-order valence-electron chi connectivity index (χ0n) is 16.3. The van der Waals surface area contributed by atoms with Crippen molar-refractivity contribution < 1.29 is 14.3 Å². The molecular formula is C23H19Cl2N3O3. The molecule has 0 aliphatic rings. The summed E-state index contributed by atoms with van der Waals surface area (Å²) in [7, 11) is 0. The minimum absolute atomic E-state index is 0.236. The van der Waals surface area contributed by atoms with Crippen LogP contribution in [0.5, 0.6) is 5.75 Å². The van der Waals surface area contributed by atoms with Gasteiger partial charge in [0.25, 0.3) is 0 Å². The Hall–Kier alpha value is -3.35. The SMILES string of the molecule is O=C(NCc1ccccc1)C(=O)N/N=C\c1ccc(OCc2c(Cl)cccc2Cl)cc1. The molecule has 31 heavy (non-hydrogen) atoms. The zero-order chi connectivity index (χ0) is 22.1. The summed E-state index contributed by atoms with van der Waals surface area (Å²) in [6, 6.07) is 21.6. The van der Waals surface area contributed by atoms with Crippen LogP contribution in [0.2, 0.25) is 10.0 Å². The van der Waals surface area contributed by atoms with Crippen LogP contribution in [0.1, 0.15) is 16.7 Å². The maximum atomic E-state index is 11.8. The molecule has 0 bridgehead atoms. The van der Waals surface area contributed by atoms with Gasteiger partial charge in [0.1, 0.15) is 12.4 Å². The monoisotopic (exact) mass is 455 g/mol. The number of carbonyl (C=O) groups excluding carboxylic acids is 2. The molecule has 8 heteroatoms. The average molecular weight is 456 g/mol. The van der Waals surface area contributed by atoms with Gasteiger partial charge in [0.15, 0.2) is 0 Å². The highest BCUT2D eigenvalue weighted by atomic mass is 35.5. The highest BCUT2D eigenvalue weighted by Gasteiger charge is 2.11. The number of nitrogens with zero attached hydrogens (tertiary/aromatic N) is 1. The van der Waals surface area contributed by atoms with E-state index in [-0.39, 0.29) is 13.2 Å². The number of hydrogen-bond acceptors (Lipinski definition) is 4. The predicted octanol–water partition coefficient (Wildman–Crippen LogP) is 4.34. The minimum atomic E-state index is -0.844. The van der Waals surface area contributed by atoms with E-state index in [2.05, 4.69) is 15.8 Å². The van der Waals surface area contributed by atoms with Crippen molar-refractivity contribution in [3.63, 3.8) is 0 Å². The molecule has 2 amide bonds. The summed E-state index contributed by atoms with van der Waals surface area (Å²) >= 11 is 12.3. The molecule has 0 aliphatic heterocycles. The molecule has 0 aliphatic carbocycles. The summed E-state index contributed by atoms with van der Waals surface area (Å²) in [6.45, 7) is 0.498. The molecule has 3 aromatic carbocycles. The molecule has 0 fully saturated rings. The molecule has 0 aromatic heterocycles. The Kier molecular flexibility index (Phi) is 8.04. The fraction of sp³-hybridized carbons (Fsp3) is 0.0870. The average Bonchev–Trinajstić information content (AvgIpc) is 2.78. The third-order valence-corrected chi connectivity index (χ3v) is 4.92. The second kappa shape index (κ2) is 11.2. The lowest BCUT2D eigenvalue weighted by molar-refractivity contribution is -0.139. The van der Waals surface area contributed by atoms with Gasteiger partial charge in [-0.1, -0.05) is 59.6 Å². The fourth-order valence-electron chi connectivity index (χ4n) is 2.55. The van der Waals surface area contributed by atoms with Crippen molar-refractivity contribution in [3.05, 3.63) is 99.5 Å². The lowest BCUT2D eigenvalue weighted by Crippen LogP contribution is -2.37. The topological polar surface area (TPSA) is 79.8 Å². The quantitative estimate of drug-likeness (QED) is 0.316. The van der Waals surface area contributed by atoms with Gasteiger partial charge in [0, 0.05) is 22.2 Å². The van der Waals surface area contributed by atoms with Gasteiger partial charge in [-0.3, -0.25) is 9.59 Å². The van der Waals surface area contributed by atoms with Crippen LogP contribution < -0.4 is 15.5 Å². The highest BCUT2D eigenvalue weighted by molar-refractivity contribution is 6.36. The van der Waals surface area contributed by atoms with Gasteiger partial charge in [0.2, 0.25) is 0 Å². The molecule has 0 atom stereocenters. The van der Waals surface area contributed by atoms with Gasteiger partial charge < -0.3 is 10.1 Å². The lowest BCUT2D eigenvalue weighted by Gasteiger charge is -2.09. The number of ether oxygens (including phenoxy) is 1. The van der Waals surface area contributed by atoms with Gasteiger partial charge >= 0.3 is 11.8 Å². The Morgan fingerprint density at radius 3 is 2.23 bits per heavy atom. The summed E-state index contributed by atoms with van der Waals surface area (Å²) in [4.78, 5) is 23.6. The maximum Gasteiger partial charge on any atom is 0.329 e. The minimum Gasteiger partial charge on any atom is -0.489 e. The molecular weight excluding hydrogens is 437 g/mol. The van der Waals surface area contributed by atoms with Crippen molar-refractivity contribution in [3.8, 4) is 5.75 Å². The Bertz CT molecular complexity index is 1050. The molecule has 0 saturated carbocycles. The third-order valence-electron chi connectivity index (χ3n) is 4.21. The number of amides is 2. The van der Waals surface area contributed by atoms with Crippen LogP contribution in [-0.2, 0) is 22.7 Å². The number of carbonyl (C=O) groups is 2. The summed E-state index contributed by atoms with van der Waals surface area (Å²) in [5, 5.41) is 7.42. The van der Waals surface area contributed by atoms with Gasteiger partial charge in [-0.15, -0.1) is 0 Å². The molecule has 158 valence electrons. The van der Waals surface area contributed by atoms with E-state index in [1.807, 2.05) is 30.3 Å². The first-order chi connectivity index (χ1) is 15.0. The van der Waals surface area contributed by atoms with Crippen LogP contribution in [0.3, 0.4) is 0 Å². The highest BCUT2D eigenvalue weighted by Crippen LogP contribution is 2.25. The van der Waals surface area contributed by atoms with Crippen molar-refractivity contribution in [2.24, 2.45) is 5.10 Å². The first-order valence-electron chi connectivity index (χ1n) is 9.34. The molecule has 0 spiro atoms. The fourth-order valence-corrected chi connectivity index (χ4v) is 3.06. The van der Waals surface area contributed by atoms with Crippen molar-refractivity contribution >= 4 is 41.2 Å². The second-order valence-corrected chi connectivity index (χ2v) is 7.24. The van der Waals surface area contributed by atoms with Gasteiger partial charge in [-0.2, -0.15) is 5.10 Å². The largest absolute Gasteiger partial charge is 0.489 e. The number of nitrogens with one attached hydrogen (secondary N) is 2. The number of rotatable bonds is 7. The predicted molar refractivity (Wildman–Crippen MR) is 121 cm³/mol. The zero-order valence-corrected chi connectivity index (χ0v) is 17.9. The van der Waals surface area contributed by atoms with Crippen LogP contribution in [0.25, 0.3) is 0 Å². The molecule has 0 radical (unpaired) electrons. The Morgan fingerprint density at radius 2 is 1.55 bits per heavy atom. The number of hydrogen-bond donors (Lipinski definition) is 2. The summed E-state index contributed by atoms with van der Waals surface area (Å²) < 4.78 is 5.71. The van der Waals surface area contributed by atoms with E-state index >= 15 is 0 Å². The van der Waals surface area contributed by atoms with Crippen molar-refractivity contribution in [2.45, 2.75) is 13.2 Å². The van der Waals surface area contributed by atoms with E-state index in [9.17, 15) is 9.59 Å². The molecule has 0 heterocycles. The first kappa shape index (κ1) is 22.3. The Balaban J connectivity index is 1.45. The van der Waals surface area contributed by atoms with E-state index in [0.29, 0.717) is 26.9 Å².